The van der Waals surface area contributed by atoms with Gasteiger partial charge in [-0.2, -0.15) is 0 Å². The van der Waals surface area contributed by atoms with Gasteiger partial charge in [-0.3, -0.25) is 0 Å². The first-order valence-corrected chi connectivity index (χ1v) is 3.54. The Labute approximate surface area is 63.1 Å². The zero-order chi connectivity index (χ0) is 8.04. The number of ether oxygens (including phenoxy) is 1. The largest absolute Gasteiger partial charge is 0.378 e. The van der Waals surface area contributed by atoms with E-state index in [1.54, 1.807) is 7.11 Å². The fraction of sp³-hybridized carbons (Fsp3) is 0.750. The molecule has 60 valence electrons. The van der Waals surface area contributed by atoms with Crippen LogP contribution in [0.4, 0.5) is 0 Å². The van der Waals surface area contributed by atoms with E-state index >= 15 is 0 Å². The lowest BCUT2D eigenvalue weighted by Gasteiger charge is -2.25. The SMILES string of the molecule is C=CCC(C)(CCN)OC. The van der Waals surface area contributed by atoms with Crippen LogP contribution in [0.15, 0.2) is 12.7 Å². The molecule has 0 aliphatic heterocycles. The minimum Gasteiger partial charge on any atom is -0.378 e. The summed E-state index contributed by atoms with van der Waals surface area (Å²) >= 11 is 0. The van der Waals surface area contributed by atoms with Gasteiger partial charge in [0.15, 0.2) is 0 Å². The maximum absolute atomic E-state index is 5.41. The van der Waals surface area contributed by atoms with Gasteiger partial charge >= 0.3 is 0 Å². The number of nitrogens with two attached hydrogens (primary N) is 1. The van der Waals surface area contributed by atoms with Crippen LogP contribution in [0, 0.1) is 0 Å². The lowest BCUT2D eigenvalue weighted by atomic mass is 9.98. The third kappa shape index (κ3) is 2.99. The van der Waals surface area contributed by atoms with Crippen LogP contribution in [-0.2, 0) is 4.74 Å². The Morgan fingerprint density at radius 2 is 2.30 bits per heavy atom. The second-order valence-electron chi connectivity index (χ2n) is 2.69. The summed E-state index contributed by atoms with van der Waals surface area (Å²) in [6.45, 7) is 6.36. The molecular formula is C8H17NO. The molecule has 0 fully saturated rings. The maximum atomic E-state index is 5.41. The molecule has 1 atom stereocenters. The maximum Gasteiger partial charge on any atom is 0.0696 e. The molecule has 0 aliphatic rings. The molecule has 0 aromatic heterocycles. The van der Waals surface area contributed by atoms with Crippen LogP contribution >= 0.6 is 0 Å². The van der Waals surface area contributed by atoms with E-state index in [-0.39, 0.29) is 5.60 Å². The number of hydrogen-bond acceptors (Lipinski definition) is 2. The molecule has 0 aromatic rings. The molecule has 0 aromatic carbocycles. The first-order valence-electron chi connectivity index (χ1n) is 3.54. The normalized spacial score (nSPS) is 16.3. The van der Waals surface area contributed by atoms with Crippen LogP contribution < -0.4 is 5.73 Å². The first kappa shape index (κ1) is 9.66. The third-order valence-electron chi connectivity index (χ3n) is 1.74. The minimum atomic E-state index is -0.101. The first-order chi connectivity index (χ1) is 4.68. The minimum absolute atomic E-state index is 0.101. The molecule has 10 heavy (non-hydrogen) atoms. The van der Waals surface area contributed by atoms with E-state index in [1.165, 1.54) is 0 Å². The molecule has 0 spiro atoms. The van der Waals surface area contributed by atoms with Crippen LogP contribution in [0.1, 0.15) is 19.8 Å². The van der Waals surface area contributed by atoms with Crippen molar-refractivity contribution in [2.45, 2.75) is 25.4 Å². The van der Waals surface area contributed by atoms with Crippen molar-refractivity contribution < 1.29 is 4.74 Å². The average Bonchev–Trinajstić information content (AvgIpc) is 1.89. The number of rotatable bonds is 5. The van der Waals surface area contributed by atoms with Crippen LogP contribution in [-0.4, -0.2) is 19.3 Å². The molecule has 0 bridgehead atoms. The smallest absolute Gasteiger partial charge is 0.0696 e. The Balaban J connectivity index is 3.80. The summed E-state index contributed by atoms with van der Waals surface area (Å²) in [6, 6.07) is 0. The summed E-state index contributed by atoms with van der Waals surface area (Å²) in [6.07, 6.45) is 3.61. The van der Waals surface area contributed by atoms with E-state index < -0.39 is 0 Å². The highest BCUT2D eigenvalue weighted by Gasteiger charge is 2.19. The van der Waals surface area contributed by atoms with E-state index in [0.717, 1.165) is 12.8 Å². The van der Waals surface area contributed by atoms with Gasteiger partial charge in [-0.05, 0) is 26.3 Å². The van der Waals surface area contributed by atoms with Crippen molar-refractivity contribution in [2.24, 2.45) is 5.73 Å². The fourth-order valence-corrected chi connectivity index (χ4v) is 0.898. The quantitative estimate of drug-likeness (QED) is 0.589. The van der Waals surface area contributed by atoms with Gasteiger partial charge in [-0.15, -0.1) is 6.58 Å². The van der Waals surface area contributed by atoms with Gasteiger partial charge in [-0.1, -0.05) is 6.08 Å². The molecule has 2 nitrogen and oxygen atoms in total. The summed E-state index contributed by atoms with van der Waals surface area (Å²) in [4.78, 5) is 0. The fourth-order valence-electron chi connectivity index (χ4n) is 0.898. The number of methoxy groups -OCH3 is 1. The topological polar surface area (TPSA) is 35.2 Å². The van der Waals surface area contributed by atoms with Crippen molar-refractivity contribution in [1.82, 2.24) is 0 Å². The van der Waals surface area contributed by atoms with Crippen LogP contribution in [0.5, 0.6) is 0 Å². The van der Waals surface area contributed by atoms with Crippen molar-refractivity contribution in [3.8, 4) is 0 Å². The highest BCUT2D eigenvalue weighted by molar-refractivity contribution is 4.84. The average molecular weight is 143 g/mol. The van der Waals surface area contributed by atoms with Crippen molar-refractivity contribution in [3.05, 3.63) is 12.7 Å². The van der Waals surface area contributed by atoms with Crippen LogP contribution in [0.25, 0.3) is 0 Å². The molecule has 2 heteroatoms. The summed E-state index contributed by atoms with van der Waals surface area (Å²) < 4.78 is 5.27. The number of hydrogen-bond donors (Lipinski definition) is 1. The Kier molecular flexibility index (Phi) is 4.32. The molecule has 2 N–H and O–H groups in total. The van der Waals surface area contributed by atoms with E-state index in [4.69, 9.17) is 10.5 Å². The Morgan fingerprint density at radius 3 is 2.60 bits per heavy atom. The molecule has 0 saturated heterocycles. The van der Waals surface area contributed by atoms with E-state index in [1.807, 2.05) is 13.0 Å². The molecule has 0 aliphatic carbocycles. The Morgan fingerprint density at radius 1 is 1.70 bits per heavy atom. The van der Waals surface area contributed by atoms with Crippen LogP contribution in [0.2, 0.25) is 0 Å². The lowest BCUT2D eigenvalue weighted by molar-refractivity contribution is 0.00365. The van der Waals surface area contributed by atoms with E-state index in [9.17, 15) is 0 Å². The molecule has 0 rings (SSSR count). The Hall–Kier alpha value is -0.340. The van der Waals surface area contributed by atoms with Gasteiger partial charge in [0.2, 0.25) is 0 Å². The predicted octanol–water partition coefficient (Wildman–Crippen LogP) is 1.32. The summed E-state index contributed by atoms with van der Waals surface area (Å²) in [5.74, 6) is 0. The molecule has 0 heterocycles. The van der Waals surface area contributed by atoms with Gasteiger partial charge in [0.05, 0.1) is 5.60 Å². The second-order valence-corrected chi connectivity index (χ2v) is 2.69. The highest BCUT2D eigenvalue weighted by atomic mass is 16.5. The summed E-state index contributed by atoms with van der Waals surface area (Å²) in [7, 11) is 1.71. The van der Waals surface area contributed by atoms with Gasteiger partial charge in [0, 0.05) is 7.11 Å². The monoisotopic (exact) mass is 143 g/mol. The molecule has 0 radical (unpaired) electrons. The standard InChI is InChI=1S/C8H17NO/c1-4-5-8(2,10-3)6-7-9/h4H,1,5-7,9H2,2-3H3. The predicted molar refractivity (Wildman–Crippen MR) is 43.9 cm³/mol. The van der Waals surface area contributed by atoms with Crippen molar-refractivity contribution >= 4 is 0 Å². The van der Waals surface area contributed by atoms with E-state index in [0.29, 0.717) is 6.54 Å². The summed E-state index contributed by atoms with van der Waals surface area (Å²) in [5, 5.41) is 0. The molecule has 0 amide bonds. The highest BCUT2D eigenvalue weighted by Crippen LogP contribution is 2.18. The van der Waals surface area contributed by atoms with Crippen molar-refractivity contribution in [1.29, 1.82) is 0 Å². The van der Waals surface area contributed by atoms with Crippen molar-refractivity contribution in [3.63, 3.8) is 0 Å². The van der Waals surface area contributed by atoms with Crippen LogP contribution in [0.3, 0.4) is 0 Å². The molecular weight excluding hydrogens is 126 g/mol. The van der Waals surface area contributed by atoms with Crippen molar-refractivity contribution in [2.75, 3.05) is 13.7 Å². The lowest BCUT2D eigenvalue weighted by Crippen LogP contribution is -2.29. The third-order valence-corrected chi connectivity index (χ3v) is 1.74. The molecule has 0 saturated carbocycles. The van der Waals surface area contributed by atoms with Gasteiger partial charge in [0.25, 0.3) is 0 Å². The van der Waals surface area contributed by atoms with Gasteiger partial charge in [-0.25, -0.2) is 0 Å². The summed E-state index contributed by atoms with van der Waals surface area (Å²) in [5.41, 5.74) is 5.31. The zero-order valence-electron chi connectivity index (χ0n) is 6.89. The molecule has 1 unspecified atom stereocenters. The van der Waals surface area contributed by atoms with Gasteiger partial charge in [0.1, 0.15) is 0 Å². The second kappa shape index (κ2) is 4.47. The Bertz CT molecular complexity index is 103. The van der Waals surface area contributed by atoms with Gasteiger partial charge < -0.3 is 10.5 Å². The zero-order valence-corrected chi connectivity index (χ0v) is 6.89. The van der Waals surface area contributed by atoms with E-state index in [2.05, 4.69) is 6.58 Å².